The summed E-state index contributed by atoms with van der Waals surface area (Å²) >= 11 is 0. The van der Waals surface area contributed by atoms with Crippen LogP contribution >= 0.6 is 12.4 Å². The van der Waals surface area contributed by atoms with Gasteiger partial charge in [-0.15, -0.1) is 25.6 Å². The van der Waals surface area contributed by atoms with Crippen LogP contribution in [0, 0.1) is 11.7 Å². The van der Waals surface area contributed by atoms with Crippen LogP contribution in [0.1, 0.15) is 24.4 Å². The first-order valence-electron chi connectivity index (χ1n) is 5.77. The molecule has 114 valence electrons. The molecule has 0 aromatic heterocycles. The van der Waals surface area contributed by atoms with Crippen LogP contribution in [0.5, 0.6) is 5.75 Å². The summed E-state index contributed by atoms with van der Waals surface area (Å²) in [5, 5.41) is 9.80. The second-order valence-electron chi connectivity index (χ2n) is 4.58. The molecular formula is C12H14ClF4NO2. The topological polar surface area (TPSA) is 55.5 Å². The van der Waals surface area contributed by atoms with E-state index in [0.717, 1.165) is 31.0 Å². The van der Waals surface area contributed by atoms with Gasteiger partial charge >= 0.3 is 6.36 Å². The fraction of sp³-hybridized carbons (Fsp3) is 0.500. The predicted molar refractivity (Wildman–Crippen MR) is 66.0 cm³/mol. The molecule has 0 heterocycles. The van der Waals surface area contributed by atoms with Gasteiger partial charge in [-0.2, -0.15) is 0 Å². The molecule has 1 aromatic carbocycles. The first kappa shape index (κ1) is 17.0. The van der Waals surface area contributed by atoms with Gasteiger partial charge in [-0.1, -0.05) is 0 Å². The Morgan fingerprint density at radius 2 is 1.90 bits per heavy atom. The van der Waals surface area contributed by atoms with Gasteiger partial charge in [-0.25, -0.2) is 4.39 Å². The molecule has 1 fully saturated rings. The third-order valence-electron chi connectivity index (χ3n) is 3.03. The highest BCUT2D eigenvalue weighted by Crippen LogP contribution is 2.38. The molecule has 8 heteroatoms. The molecule has 3 nitrogen and oxygen atoms in total. The quantitative estimate of drug-likeness (QED) is 0.840. The van der Waals surface area contributed by atoms with Crippen molar-refractivity contribution in [3.63, 3.8) is 0 Å². The lowest BCUT2D eigenvalue weighted by Crippen LogP contribution is -2.29. The number of hydrogen-bond acceptors (Lipinski definition) is 3. The predicted octanol–water partition coefficient (Wildman–Crippen LogP) is 2.92. The smallest absolute Gasteiger partial charge is 0.406 e. The number of aliphatic hydroxyl groups is 1. The van der Waals surface area contributed by atoms with Gasteiger partial charge in [-0.05, 0) is 37.0 Å². The average Bonchev–Trinajstić information content (AvgIpc) is 3.12. The van der Waals surface area contributed by atoms with Gasteiger partial charge < -0.3 is 15.6 Å². The molecule has 0 aliphatic heterocycles. The van der Waals surface area contributed by atoms with E-state index in [1.807, 2.05) is 0 Å². The lowest BCUT2D eigenvalue weighted by atomic mass is 9.98. The molecule has 2 atom stereocenters. The number of alkyl halides is 3. The maximum absolute atomic E-state index is 13.6. The Hall–Kier alpha value is -1.05. The van der Waals surface area contributed by atoms with Gasteiger partial charge in [0.25, 0.3) is 0 Å². The molecule has 0 bridgehead atoms. The van der Waals surface area contributed by atoms with Crippen molar-refractivity contribution >= 4 is 12.4 Å². The number of benzene rings is 1. The van der Waals surface area contributed by atoms with Crippen LogP contribution in [0.3, 0.4) is 0 Å². The SMILES string of the molecule is Cl.N[C@@H](c1cc(OC(F)(F)F)ccc1F)[C@H](O)C1CC1. The molecule has 2 rings (SSSR count). The van der Waals surface area contributed by atoms with Crippen LogP contribution in [0.15, 0.2) is 18.2 Å². The molecule has 1 aliphatic rings. The van der Waals surface area contributed by atoms with Gasteiger partial charge in [0.1, 0.15) is 11.6 Å². The van der Waals surface area contributed by atoms with E-state index in [2.05, 4.69) is 4.74 Å². The third-order valence-corrected chi connectivity index (χ3v) is 3.03. The number of nitrogens with two attached hydrogens (primary N) is 1. The Morgan fingerprint density at radius 3 is 2.40 bits per heavy atom. The molecule has 0 amide bonds. The second kappa shape index (κ2) is 6.15. The Balaban J connectivity index is 0.00000200. The zero-order valence-electron chi connectivity index (χ0n) is 10.2. The Kier molecular flexibility index (Phi) is 5.23. The summed E-state index contributed by atoms with van der Waals surface area (Å²) in [5.41, 5.74) is 5.51. The molecule has 1 saturated carbocycles. The zero-order valence-corrected chi connectivity index (χ0v) is 11.0. The highest BCUT2D eigenvalue weighted by Gasteiger charge is 2.36. The lowest BCUT2D eigenvalue weighted by Gasteiger charge is -2.20. The summed E-state index contributed by atoms with van der Waals surface area (Å²) in [5.74, 6) is -1.33. The summed E-state index contributed by atoms with van der Waals surface area (Å²) in [6.45, 7) is 0. The molecule has 1 aliphatic carbocycles. The van der Waals surface area contributed by atoms with Crippen molar-refractivity contribution in [2.24, 2.45) is 11.7 Å². The van der Waals surface area contributed by atoms with E-state index in [1.165, 1.54) is 0 Å². The Bertz CT molecular complexity index is 465. The number of ether oxygens (including phenoxy) is 1. The fourth-order valence-corrected chi connectivity index (χ4v) is 1.89. The maximum Gasteiger partial charge on any atom is 0.573 e. The zero-order chi connectivity index (χ0) is 14.2. The van der Waals surface area contributed by atoms with Gasteiger partial charge in [0, 0.05) is 5.56 Å². The van der Waals surface area contributed by atoms with E-state index >= 15 is 0 Å². The van der Waals surface area contributed by atoms with Crippen molar-refractivity contribution in [3.8, 4) is 5.75 Å². The van der Waals surface area contributed by atoms with E-state index in [9.17, 15) is 22.7 Å². The molecular weight excluding hydrogens is 302 g/mol. The monoisotopic (exact) mass is 315 g/mol. The van der Waals surface area contributed by atoms with Crippen molar-refractivity contribution in [2.45, 2.75) is 31.3 Å². The van der Waals surface area contributed by atoms with E-state index in [0.29, 0.717) is 0 Å². The van der Waals surface area contributed by atoms with Crippen molar-refractivity contribution in [2.75, 3.05) is 0 Å². The lowest BCUT2D eigenvalue weighted by molar-refractivity contribution is -0.274. The summed E-state index contributed by atoms with van der Waals surface area (Å²) < 4.78 is 53.5. The van der Waals surface area contributed by atoms with Crippen LogP contribution < -0.4 is 10.5 Å². The number of hydrogen-bond donors (Lipinski definition) is 2. The standard InChI is InChI=1S/C12H13F4NO2.ClH/c13-9-4-3-7(19-12(14,15)16)5-8(9)10(17)11(18)6-1-2-6;/h3-6,10-11,18H,1-2,17H2;1H/t10-,11+;/m0./s1. The number of halogens is 5. The van der Waals surface area contributed by atoms with Crippen LogP contribution in [0.4, 0.5) is 17.6 Å². The van der Waals surface area contributed by atoms with Gasteiger partial charge in [0.2, 0.25) is 0 Å². The summed E-state index contributed by atoms with van der Waals surface area (Å²) in [7, 11) is 0. The van der Waals surface area contributed by atoms with E-state index in [-0.39, 0.29) is 23.9 Å². The largest absolute Gasteiger partial charge is 0.573 e. The average molecular weight is 316 g/mol. The number of rotatable bonds is 4. The van der Waals surface area contributed by atoms with Gasteiger partial charge in [0.05, 0.1) is 12.1 Å². The normalized spacial score (nSPS) is 18.1. The fourth-order valence-electron chi connectivity index (χ4n) is 1.89. The highest BCUT2D eigenvalue weighted by atomic mass is 35.5. The molecule has 20 heavy (non-hydrogen) atoms. The molecule has 0 radical (unpaired) electrons. The van der Waals surface area contributed by atoms with Crippen molar-refractivity contribution in [3.05, 3.63) is 29.6 Å². The molecule has 0 saturated heterocycles. The second-order valence-corrected chi connectivity index (χ2v) is 4.58. The van der Waals surface area contributed by atoms with Crippen LogP contribution in [0.2, 0.25) is 0 Å². The van der Waals surface area contributed by atoms with E-state index < -0.39 is 30.1 Å². The van der Waals surface area contributed by atoms with E-state index in [1.54, 1.807) is 0 Å². The minimum atomic E-state index is -4.85. The van der Waals surface area contributed by atoms with Crippen LogP contribution in [0.25, 0.3) is 0 Å². The van der Waals surface area contributed by atoms with Crippen molar-refractivity contribution in [1.29, 1.82) is 0 Å². The summed E-state index contributed by atoms with van der Waals surface area (Å²) in [6, 6.07) is 1.52. The van der Waals surface area contributed by atoms with Gasteiger partial charge in [0.15, 0.2) is 0 Å². The van der Waals surface area contributed by atoms with Crippen LogP contribution in [-0.2, 0) is 0 Å². The first-order valence-corrected chi connectivity index (χ1v) is 5.77. The number of aliphatic hydroxyl groups excluding tert-OH is 1. The summed E-state index contributed by atoms with van der Waals surface area (Å²) in [6.07, 6.45) is -4.24. The Morgan fingerprint density at radius 1 is 1.30 bits per heavy atom. The molecule has 1 aromatic rings. The third kappa shape index (κ3) is 4.22. The van der Waals surface area contributed by atoms with Crippen molar-refractivity contribution in [1.82, 2.24) is 0 Å². The minimum Gasteiger partial charge on any atom is -0.406 e. The van der Waals surface area contributed by atoms with Crippen molar-refractivity contribution < 1.29 is 27.4 Å². The summed E-state index contributed by atoms with van der Waals surface area (Å²) in [4.78, 5) is 0. The Labute approximate surface area is 119 Å². The van der Waals surface area contributed by atoms with E-state index in [4.69, 9.17) is 5.73 Å². The maximum atomic E-state index is 13.6. The first-order chi connectivity index (χ1) is 8.78. The van der Waals surface area contributed by atoms with Gasteiger partial charge in [-0.3, -0.25) is 0 Å². The highest BCUT2D eigenvalue weighted by molar-refractivity contribution is 5.85. The molecule has 0 unspecified atom stereocenters. The minimum absolute atomic E-state index is 0. The molecule has 0 spiro atoms. The molecule has 3 N–H and O–H groups in total. The van der Waals surface area contributed by atoms with Crippen LogP contribution in [-0.4, -0.2) is 17.6 Å².